The maximum absolute atomic E-state index is 12.4. The van der Waals surface area contributed by atoms with E-state index in [0.29, 0.717) is 35.9 Å². The van der Waals surface area contributed by atoms with Crippen LogP contribution in [0.25, 0.3) is 0 Å². The summed E-state index contributed by atoms with van der Waals surface area (Å²) in [6.07, 6.45) is 0.720. The molecule has 0 bridgehead atoms. The summed E-state index contributed by atoms with van der Waals surface area (Å²) in [5, 5.41) is 9.37. The van der Waals surface area contributed by atoms with Crippen LogP contribution in [0, 0.1) is 6.92 Å². The molecule has 0 atom stereocenters. The Morgan fingerprint density at radius 2 is 1.84 bits per heavy atom. The van der Waals surface area contributed by atoms with Gasteiger partial charge in [-0.15, -0.1) is 0 Å². The van der Waals surface area contributed by atoms with Crippen molar-refractivity contribution in [3.05, 3.63) is 77.2 Å². The molecule has 2 amide bonds. The summed E-state index contributed by atoms with van der Waals surface area (Å²) in [6, 6.07) is 15.9. The van der Waals surface area contributed by atoms with E-state index in [9.17, 15) is 9.59 Å². The average Bonchev–Trinajstić information content (AvgIpc) is 3.25. The van der Waals surface area contributed by atoms with E-state index < -0.39 is 0 Å². The van der Waals surface area contributed by atoms with E-state index in [4.69, 9.17) is 14.0 Å². The summed E-state index contributed by atoms with van der Waals surface area (Å²) in [6.45, 7) is 3.09. The van der Waals surface area contributed by atoms with Gasteiger partial charge in [0, 0.05) is 37.6 Å². The van der Waals surface area contributed by atoms with E-state index in [1.165, 1.54) is 0 Å². The molecule has 0 unspecified atom stereocenters. The Labute approximate surface area is 180 Å². The third kappa shape index (κ3) is 6.42. The van der Waals surface area contributed by atoms with Gasteiger partial charge in [-0.25, -0.2) is 0 Å². The highest BCUT2D eigenvalue weighted by atomic mass is 16.5. The van der Waals surface area contributed by atoms with Crippen molar-refractivity contribution in [3.8, 4) is 5.75 Å². The molecule has 2 aromatic carbocycles. The van der Waals surface area contributed by atoms with Gasteiger partial charge in [0.15, 0.2) is 11.5 Å². The molecule has 0 fully saturated rings. The number of nitrogens with zero attached hydrogens (tertiary/aromatic N) is 1. The van der Waals surface area contributed by atoms with Gasteiger partial charge < -0.3 is 24.6 Å². The number of carbonyl (C=O) groups excluding carboxylic acids is 2. The zero-order valence-corrected chi connectivity index (χ0v) is 17.5. The molecule has 162 valence electrons. The van der Waals surface area contributed by atoms with E-state index >= 15 is 0 Å². The Bertz CT molecular complexity index is 1010. The van der Waals surface area contributed by atoms with Gasteiger partial charge in [0.1, 0.15) is 12.4 Å². The smallest absolute Gasteiger partial charge is 0.273 e. The standard InChI is InChI=1S/C23H25N3O5/c1-16-6-3-4-7-20(16)22(27)25-17-8-10-18(11-9-17)30-15-19-14-21(26-31-19)23(28)24-12-5-13-29-2/h3-4,6-11,14H,5,12-13,15H2,1-2H3,(H,24,28)(H,25,27). The minimum Gasteiger partial charge on any atom is -0.486 e. The van der Waals surface area contributed by atoms with Gasteiger partial charge in [-0.3, -0.25) is 9.59 Å². The SMILES string of the molecule is COCCCNC(=O)c1cc(COc2ccc(NC(=O)c3ccccc3C)cc2)on1. The molecule has 3 aromatic rings. The minimum absolute atomic E-state index is 0.124. The summed E-state index contributed by atoms with van der Waals surface area (Å²) < 4.78 is 15.8. The van der Waals surface area contributed by atoms with Crippen molar-refractivity contribution >= 4 is 17.5 Å². The van der Waals surface area contributed by atoms with Gasteiger partial charge in [0.05, 0.1) is 0 Å². The molecule has 1 heterocycles. The first-order valence-electron chi connectivity index (χ1n) is 9.89. The van der Waals surface area contributed by atoms with Crippen LogP contribution < -0.4 is 15.4 Å². The molecular weight excluding hydrogens is 398 g/mol. The van der Waals surface area contributed by atoms with Gasteiger partial charge >= 0.3 is 0 Å². The molecular formula is C23H25N3O5. The van der Waals surface area contributed by atoms with Crippen LogP contribution in [0.15, 0.2) is 59.1 Å². The van der Waals surface area contributed by atoms with Crippen molar-refractivity contribution in [1.29, 1.82) is 0 Å². The second-order valence-electron chi connectivity index (χ2n) is 6.86. The predicted octanol–water partition coefficient (Wildman–Crippen LogP) is 3.58. The summed E-state index contributed by atoms with van der Waals surface area (Å²) in [7, 11) is 1.61. The average molecular weight is 423 g/mol. The fourth-order valence-electron chi connectivity index (χ4n) is 2.81. The van der Waals surface area contributed by atoms with Crippen LogP contribution >= 0.6 is 0 Å². The number of carbonyl (C=O) groups is 2. The van der Waals surface area contributed by atoms with E-state index in [2.05, 4.69) is 15.8 Å². The van der Waals surface area contributed by atoms with Gasteiger partial charge in [-0.2, -0.15) is 0 Å². The van der Waals surface area contributed by atoms with Crippen LogP contribution in [-0.2, 0) is 11.3 Å². The van der Waals surface area contributed by atoms with Crippen LogP contribution in [-0.4, -0.2) is 37.2 Å². The van der Waals surface area contributed by atoms with Crippen LogP contribution in [0.4, 0.5) is 5.69 Å². The lowest BCUT2D eigenvalue weighted by molar-refractivity contribution is 0.0938. The van der Waals surface area contributed by atoms with Crippen molar-refractivity contribution in [2.24, 2.45) is 0 Å². The summed E-state index contributed by atoms with van der Waals surface area (Å²) in [5.41, 5.74) is 2.40. The number of aryl methyl sites for hydroxylation is 1. The Hall–Kier alpha value is -3.65. The maximum Gasteiger partial charge on any atom is 0.273 e. The quantitative estimate of drug-likeness (QED) is 0.483. The monoisotopic (exact) mass is 423 g/mol. The number of anilines is 1. The lowest BCUT2D eigenvalue weighted by Crippen LogP contribution is -2.25. The number of benzene rings is 2. The maximum atomic E-state index is 12.4. The number of rotatable bonds is 10. The number of methoxy groups -OCH3 is 1. The van der Waals surface area contributed by atoms with Crippen LogP contribution in [0.1, 0.15) is 38.6 Å². The summed E-state index contributed by atoms with van der Waals surface area (Å²) in [4.78, 5) is 24.4. The lowest BCUT2D eigenvalue weighted by Gasteiger charge is -2.09. The van der Waals surface area contributed by atoms with E-state index in [0.717, 1.165) is 12.0 Å². The number of amides is 2. The molecule has 0 aliphatic rings. The number of ether oxygens (including phenoxy) is 2. The molecule has 1 aromatic heterocycles. The van der Waals surface area contributed by atoms with Gasteiger partial charge in [0.25, 0.3) is 11.8 Å². The lowest BCUT2D eigenvalue weighted by atomic mass is 10.1. The van der Waals surface area contributed by atoms with Crippen molar-refractivity contribution < 1.29 is 23.6 Å². The topological polar surface area (TPSA) is 103 Å². The van der Waals surface area contributed by atoms with Crippen molar-refractivity contribution in [2.75, 3.05) is 25.6 Å². The highest BCUT2D eigenvalue weighted by Crippen LogP contribution is 2.19. The van der Waals surface area contributed by atoms with Crippen molar-refractivity contribution in [3.63, 3.8) is 0 Å². The Kier molecular flexibility index (Phi) is 7.78. The molecule has 0 spiro atoms. The van der Waals surface area contributed by atoms with Crippen LogP contribution in [0.3, 0.4) is 0 Å². The zero-order chi connectivity index (χ0) is 22.1. The summed E-state index contributed by atoms with van der Waals surface area (Å²) in [5.74, 6) is 0.552. The number of nitrogens with one attached hydrogen (secondary N) is 2. The summed E-state index contributed by atoms with van der Waals surface area (Å²) >= 11 is 0. The fourth-order valence-corrected chi connectivity index (χ4v) is 2.81. The van der Waals surface area contributed by atoms with E-state index in [1.807, 2.05) is 25.1 Å². The number of aromatic nitrogens is 1. The fraction of sp³-hybridized carbons (Fsp3) is 0.261. The third-order valence-electron chi connectivity index (χ3n) is 4.49. The van der Waals surface area contributed by atoms with Gasteiger partial charge in [-0.1, -0.05) is 23.4 Å². The molecule has 0 aliphatic carbocycles. The van der Waals surface area contributed by atoms with Gasteiger partial charge in [-0.05, 0) is 49.2 Å². The normalized spacial score (nSPS) is 10.5. The highest BCUT2D eigenvalue weighted by molar-refractivity contribution is 6.05. The molecule has 2 N–H and O–H groups in total. The first kappa shape index (κ1) is 22.0. The molecule has 0 aliphatic heterocycles. The van der Waals surface area contributed by atoms with Crippen molar-refractivity contribution in [1.82, 2.24) is 10.5 Å². The Balaban J connectivity index is 1.48. The number of hydrogen-bond donors (Lipinski definition) is 2. The zero-order valence-electron chi connectivity index (χ0n) is 17.5. The van der Waals surface area contributed by atoms with Gasteiger partial charge in [0.2, 0.25) is 0 Å². The first-order valence-corrected chi connectivity index (χ1v) is 9.89. The molecule has 31 heavy (non-hydrogen) atoms. The second kappa shape index (κ2) is 10.9. The Morgan fingerprint density at radius 1 is 1.06 bits per heavy atom. The molecule has 8 nitrogen and oxygen atoms in total. The largest absolute Gasteiger partial charge is 0.486 e. The van der Waals surface area contributed by atoms with E-state index in [-0.39, 0.29) is 24.1 Å². The molecule has 0 radical (unpaired) electrons. The molecule has 0 saturated heterocycles. The first-order chi connectivity index (χ1) is 15.1. The highest BCUT2D eigenvalue weighted by Gasteiger charge is 2.13. The van der Waals surface area contributed by atoms with Crippen LogP contribution in [0.2, 0.25) is 0 Å². The molecule has 8 heteroatoms. The molecule has 0 saturated carbocycles. The minimum atomic E-state index is -0.306. The second-order valence-corrected chi connectivity index (χ2v) is 6.86. The Morgan fingerprint density at radius 3 is 2.58 bits per heavy atom. The van der Waals surface area contributed by atoms with Crippen molar-refractivity contribution in [2.45, 2.75) is 20.0 Å². The predicted molar refractivity (Wildman–Crippen MR) is 115 cm³/mol. The van der Waals surface area contributed by atoms with E-state index in [1.54, 1.807) is 43.5 Å². The molecule has 3 rings (SSSR count). The number of hydrogen-bond acceptors (Lipinski definition) is 6. The van der Waals surface area contributed by atoms with Crippen LogP contribution in [0.5, 0.6) is 5.75 Å². The third-order valence-corrected chi connectivity index (χ3v) is 4.49.